The molecule has 2 N–H and O–H groups in total. The third-order valence-corrected chi connectivity index (χ3v) is 11.9. The molecule has 302 valence electrons. The number of nitrogens with one attached hydrogen (secondary N) is 2. The van der Waals surface area contributed by atoms with Gasteiger partial charge in [-0.25, -0.2) is 4.98 Å². The number of rotatable bonds is 11. The molecule has 5 amide bonds. The van der Waals surface area contributed by atoms with E-state index in [1.165, 1.54) is 22.1 Å². The van der Waals surface area contributed by atoms with Gasteiger partial charge in [-0.3, -0.25) is 48.3 Å². The molecule has 0 aliphatic carbocycles. The number of carbonyl (C=O) groups excluding carboxylic acids is 5. The topological polar surface area (TPSA) is 175 Å². The third-order valence-electron chi connectivity index (χ3n) is 11.2. The highest BCUT2D eigenvalue weighted by atomic mass is 79.9. The molecule has 0 bridgehead atoms. The van der Waals surface area contributed by atoms with E-state index in [2.05, 4.69) is 55.5 Å². The van der Waals surface area contributed by atoms with Crippen LogP contribution in [0.1, 0.15) is 51.5 Å². The van der Waals surface area contributed by atoms with Gasteiger partial charge in [-0.05, 0) is 83.7 Å². The summed E-state index contributed by atoms with van der Waals surface area (Å²) in [5.41, 5.74) is 1.75. The number of halogens is 1. The molecule has 0 radical (unpaired) electrons. The molecule has 3 saturated heterocycles. The highest BCUT2D eigenvalue weighted by molar-refractivity contribution is 9.10. The molecule has 17 heteroatoms. The lowest BCUT2D eigenvalue weighted by Crippen LogP contribution is -2.54. The summed E-state index contributed by atoms with van der Waals surface area (Å²) in [6, 6.07) is 17.3. The molecule has 58 heavy (non-hydrogen) atoms. The Labute approximate surface area is 342 Å². The molecular formula is C41H43BrN8O8. The Morgan fingerprint density at radius 1 is 0.931 bits per heavy atom. The number of amides is 5. The Morgan fingerprint density at radius 3 is 2.50 bits per heavy atom. The first-order valence-electron chi connectivity index (χ1n) is 19.4. The smallest absolute Gasteiger partial charge is 0.274 e. The molecule has 6 heterocycles. The molecule has 4 aliphatic rings. The number of hydrogen-bond acceptors (Lipinski definition) is 12. The van der Waals surface area contributed by atoms with E-state index in [-0.39, 0.29) is 59.8 Å². The number of piperidine rings is 2. The number of likely N-dealkylation sites (tertiary alicyclic amines) is 1. The van der Waals surface area contributed by atoms with Crippen LogP contribution in [0, 0.1) is 0 Å². The van der Waals surface area contributed by atoms with Crippen molar-refractivity contribution in [1.29, 1.82) is 0 Å². The van der Waals surface area contributed by atoms with Crippen molar-refractivity contribution in [2.75, 3.05) is 71.4 Å². The molecule has 4 aromatic rings. The van der Waals surface area contributed by atoms with E-state index in [9.17, 15) is 28.8 Å². The molecule has 2 aromatic carbocycles. The second-order valence-electron chi connectivity index (χ2n) is 15.1. The van der Waals surface area contributed by atoms with Crippen LogP contribution in [-0.2, 0) is 14.4 Å². The summed E-state index contributed by atoms with van der Waals surface area (Å²) in [6.07, 6.45) is 2.66. The number of anilines is 1. The zero-order chi connectivity index (χ0) is 40.5. The summed E-state index contributed by atoms with van der Waals surface area (Å²) >= 11 is 3.46. The van der Waals surface area contributed by atoms with Crippen LogP contribution in [0.2, 0.25) is 0 Å². The first kappa shape index (κ1) is 39.2. The Kier molecular flexibility index (Phi) is 11.3. The van der Waals surface area contributed by atoms with Crippen LogP contribution in [-0.4, -0.2) is 137 Å². The molecular weight excluding hydrogens is 812 g/mol. The second-order valence-corrected chi connectivity index (χ2v) is 15.9. The van der Waals surface area contributed by atoms with Crippen molar-refractivity contribution in [2.45, 2.75) is 37.3 Å². The van der Waals surface area contributed by atoms with Crippen molar-refractivity contribution < 1.29 is 33.4 Å². The van der Waals surface area contributed by atoms with E-state index in [4.69, 9.17) is 14.5 Å². The minimum absolute atomic E-state index is 0.0103. The van der Waals surface area contributed by atoms with Crippen molar-refractivity contribution in [2.24, 2.45) is 0 Å². The lowest BCUT2D eigenvalue weighted by Gasteiger charge is -2.36. The predicted molar refractivity (Wildman–Crippen MR) is 215 cm³/mol. The molecule has 0 saturated carbocycles. The Balaban J connectivity index is 0.780. The van der Waals surface area contributed by atoms with Gasteiger partial charge in [0.2, 0.25) is 11.8 Å². The van der Waals surface area contributed by atoms with Crippen molar-refractivity contribution in [1.82, 2.24) is 34.3 Å². The highest BCUT2D eigenvalue weighted by Gasteiger charge is 2.46. The van der Waals surface area contributed by atoms with E-state index < -0.39 is 29.7 Å². The first-order valence-corrected chi connectivity index (χ1v) is 20.2. The van der Waals surface area contributed by atoms with Crippen molar-refractivity contribution in [3.05, 3.63) is 98.4 Å². The molecule has 3 unspecified atom stereocenters. The Bertz CT molecular complexity index is 2330. The molecule has 3 fully saturated rings. The van der Waals surface area contributed by atoms with Gasteiger partial charge in [-0.15, -0.1) is 0 Å². The number of aromatic nitrogens is 2. The van der Waals surface area contributed by atoms with E-state index in [1.807, 2.05) is 24.3 Å². The summed E-state index contributed by atoms with van der Waals surface area (Å²) in [6.45, 7) is 4.93. The quantitative estimate of drug-likeness (QED) is 0.211. The van der Waals surface area contributed by atoms with Crippen LogP contribution in [0.15, 0.2) is 76.1 Å². The van der Waals surface area contributed by atoms with Gasteiger partial charge >= 0.3 is 0 Å². The lowest BCUT2D eigenvalue weighted by molar-refractivity contribution is -0.136. The standard InChI is InChI=1S/C41H43BrN8O8/c1-46-22-26(21-27(23-46)43-37-36(42)41(56)49-14-3-2-7-32(49)44-37)25-8-10-28(11-9-25)57-20-19-47-15-17-48(18-16-47)34(52)24-58-31-6-4-5-29-35(31)40(55)50(39(29)54)30-12-13-33(51)45-38(30)53/h2-11,14,26-27,30,43H,12-13,15-24H2,1H3,(H,45,51,53). The van der Waals surface area contributed by atoms with Gasteiger partial charge in [0, 0.05) is 64.5 Å². The van der Waals surface area contributed by atoms with Gasteiger partial charge in [0.1, 0.15) is 40.1 Å². The second kappa shape index (κ2) is 16.7. The average Bonchev–Trinajstić information content (AvgIpc) is 3.48. The van der Waals surface area contributed by atoms with E-state index in [0.717, 1.165) is 30.2 Å². The maximum absolute atomic E-state index is 13.3. The van der Waals surface area contributed by atoms with E-state index in [0.29, 0.717) is 55.3 Å². The number of hydrogen-bond donors (Lipinski definition) is 2. The summed E-state index contributed by atoms with van der Waals surface area (Å²) in [7, 11) is 2.10. The van der Waals surface area contributed by atoms with Crippen LogP contribution in [0.4, 0.5) is 5.82 Å². The summed E-state index contributed by atoms with van der Waals surface area (Å²) < 4.78 is 13.8. The van der Waals surface area contributed by atoms with Crippen LogP contribution >= 0.6 is 15.9 Å². The fourth-order valence-electron chi connectivity index (χ4n) is 8.21. The van der Waals surface area contributed by atoms with E-state index >= 15 is 0 Å². The van der Waals surface area contributed by atoms with Crippen LogP contribution in [0.25, 0.3) is 5.65 Å². The number of benzene rings is 2. The fourth-order valence-corrected chi connectivity index (χ4v) is 8.60. The zero-order valence-corrected chi connectivity index (χ0v) is 33.5. The normalized spacial score (nSPS) is 21.6. The van der Waals surface area contributed by atoms with Gasteiger partial charge in [0.15, 0.2) is 6.61 Å². The maximum atomic E-state index is 13.3. The number of likely N-dealkylation sites (N-methyl/N-ethyl adjacent to an activating group) is 1. The average molecular weight is 856 g/mol. The summed E-state index contributed by atoms with van der Waals surface area (Å²) in [5, 5.41) is 5.70. The number of imide groups is 2. The minimum Gasteiger partial charge on any atom is -0.492 e. The first-order chi connectivity index (χ1) is 28.0. The van der Waals surface area contributed by atoms with Gasteiger partial charge < -0.3 is 24.6 Å². The number of ether oxygens (including phenoxy) is 2. The molecule has 8 rings (SSSR count). The number of fused-ring (bicyclic) bond motifs is 2. The Hall–Kier alpha value is -5.65. The number of piperazine rings is 1. The van der Waals surface area contributed by atoms with E-state index in [1.54, 1.807) is 23.2 Å². The number of carbonyl (C=O) groups is 5. The summed E-state index contributed by atoms with van der Waals surface area (Å²) in [5.74, 6) is -0.996. The van der Waals surface area contributed by atoms with Crippen LogP contribution in [0.5, 0.6) is 11.5 Å². The largest absolute Gasteiger partial charge is 0.492 e. The fraction of sp³-hybridized carbons (Fsp3) is 0.390. The monoisotopic (exact) mass is 854 g/mol. The lowest BCUT2D eigenvalue weighted by atomic mass is 9.88. The highest BCUT2D eigenvalue weighted by Crippen LogP contribution is 2.34. The Morgan fingerprint density at radius 2 is 1.72 bits per heavy atom. The number of pyridine rings is 1. The molecule has 4 aliphatic heterocycles. The van der Waals surface area contributed by atoms with Gasteiger partial charge in [0.05, 0.1) is 11.1 Å². The minimum atomic E-state index is -1.09. The van der Waals surface area contributed by atoms with Crippen LogP contribution in [0.3, 0.4) is 0 Å². The van der Waals surface area contributed by atoms with Gasteiger partial charge in [-0.1, -0.05) is 24.3 Å². The number of nitrogens with zero attached hydrogens (tertiary/aromatic N) is 6. The van der Waals surface area contributed by atoms with Gasteiger partial charge in [-0.2, -0.15) is 0 Å². The van der Waals surface area contributed by atoms with Crippen molar-refractivity contribution >= 4 is 56.9 Å². The molecule has 0 spiro atoms. The van der Waals surface area contributed by atoms with Crippen molar-refractivity contribution in [3.63, 3.8) is 0 Å². The maximum Gasteiger partial charge on any atom is 0.274 e. The summed E-state index contributed by atoms with van der Waals surface area (Å²) in [4.78, 5) is 88.3. The molecule has 16 nitrogen and oxygen atoms in total. The molecule has 2 aromatic heterocycles. The third kappa shape index (κ3) is 8.06. The molecule has 3 atom stereocenters. The van der Waals surface area contributed by atoms with Crippen LogP contribution < -0.4 is 25.7 Å². The predicted octanol–water partition coefficient (Wildman–Crippen LogP) is 2.36. The van der Waals surface area contributed by atoms with Crippen molar-refractivity contribution in [3.8, 4) is 11.5 Å². The van der Waals surface area contributed by atoms with Gasteiger partial charge in [0.25, 0.3) is 23.3 Å². The SMILES string of the molecule is CN1CC(Nc2nc3ccccn3c(=O)c2Br)CC(c2ccc(OCCN3CCN(C(=O)COc4cccc5c4C(=O)N(C4CCC(=O)NC4=O)C5=O)CC3)cc2)C1. The zero-order valence-electron chi connectivity index (χ0n) is 31.9.